The van der Waals surface area contributed by atoms with Crippen LogP contribution in [0.25, 0.3) is 0 Å². The summed E-state index contributed by atoms with van der Waals surface area (Å²) in [7, 11) is -3.80. The van der Waals surface area contributed by atoms with Gasteiger partial charge in [0.05, 0.1) is 6.61 Å². The molecule has 0 bridgehead atoms. The molecule has 7 nitrogen and oxygen atoms in total. The zero-order valence-electron chi connectivity index (χ0n) is 11.1. The van der Waals surface area contributed by atoms with Crippen molar-refractivity contribution in [1.82, 2.24) is 10.0 Å². The van der Waals surface area contributed by atoms with Crippen LogP contribution in [-0.2, 0) is 10.0 Å². The van der Waals surface area contributed by atoms with E-state index < -0.39 is 21.5 Å². The molecule has 1 amide bonds. The maximum Gasteiger partial charge on any atom is 0.287 e. The molecule has 3 N–H and O–H groups in total. The van der Waals surface area contributed by atoms with E-state index in [9.17, 15) is 13.2 Å². The highest BCUT2D eigenvalue weighted by Gasteiger charge is 2.26. The Hall–Kier alpha value is -1.38. The maximum absolute atomic E-state index is 11.9. The first-order chi connectivity index (χ1) is 8.65. The molecule has 0 fully saturated rings. The summed E-state index contributed by atoms with van der Waals surface area (Å²) >= 11 is 0. The second-order valence-electron chi connectivity index (χ2n) is 4.95. The van der Waals surface area contributed by atoms with Gasteiger partial charge in [0.2, 0.25) is 5.09 Å². The molecule has 0 spiro atoms. The zero-order chi connectivity index (χ0) is 14.7. The Labute approximate surface area is 112 Å². The number of carbonyl (C=O) groups is 1. The van der Waals surface area contributed by atoms with E-state index in [1.54, 1.807) is 20.8 Å². The number of rotatable bonds is 5. The fourth-order valence-electron chi connectivity index (χ4n) is 1.30. The molecule has 1 rings (SSSR count). The van der Waals surface area contributed by atoms with Gasteiger partial charge in [0.15, 0.2) is 5.76 Å². The Bertz CT molecular complexity index is 542. The summed E-state index contributed by atoms with van der Waals surface area (Å²) < 4.78 is 31.3. The van der Waals surface area contributed by atoms with Gasteiger partial charge in [0, 0.05) is 12.1 Å². The summed E-state index contributed by atoms with van der Waals surface area (Å²) in [5, 5.41) is 10.6. The third kappa shape index (κ3) is 4.66. The summed E-state index contributed by atoms with van der Waals surface area (Å²) in [6, 6.07) is 2.48. The first kappa shape index (κ1) is 15.7. The average molecular weight is 290 g/mol. The van der Waals surface area contributed by atoms with Crippen molar-refractivity contribution in [3.05, 3.63) is 17.9 Å². The summed E-state index contributed by atoms with van der Waals surface area (Å²) in [6.45, 7) is 4.96. The zero-order valence-corrected chi connectivity index (χ0v) is 11.9. The van der Waals surface area contributed by atoms with Crippen LogP contribution in [0.1, 0.15) is 31.3 Å². The van der Waals surface area contributed by atoms with E-state index >= 15 is 0 Å². The fraction of sp³-hybridized carbons (Fsp3) is 0.545. The number of hydrogen-bond acceptors (Lipinski definition) is 5. The first-order valence-corrected chi connectivity index (χ1v) is 7.17. The van der Waals surface area contributed by atoms with Gasteiger partial charge in [0.1, 0.15) is 0 Å². The molecule has 0 radical (unpaired) electrons. The molecule has 1 heterocycles. The molecule has 0 aliphatic heterocycles. The molecule has 0 atom stereocenters. The lowest BCUT2D eigenvalue weighted by molar-refractivity contribution is 0.0911. The average Bonchev–Trinajstić information content (AvgIpc) is 2.72. The molecular formula is C11H18N2O5S. The van der Waals surface area contributed by atoms with Crippen LogP contribution in [0.5, 0.6) is 0 Å². The summed E-state index contributed by atoms with van der Waals surface area (Å²) in [5.74, 6) is -0.700. The van der Waals surface area contributed by atoms with Gasteiger partial charge in [-0.2, -0.15) is 0 Å². The second-order valence-corrected chi connectivity index (χ2v) is 6.57. The van der Waals surface area contributed by atoms with Crippen molar-refractivity contribution < 1.29 is 22.7 Å². The lowest BCUT2D eigenvalue weighted by Gasteiger charge is -2.18. The van der Waals surface area contributed by atoms with Crippen molar-refractivity contribution in [1.29, 1.82) is 0 Å². The molecule has 0 saturated heterocycles. The monoisotopic (exact) mass is 290 g/mol. The summed E-state index contributed by atoms with van der Waals surface area (Å²) in [5.41, 5.74) is -0.648. The van der Waals surface area contributed by atoms with Crippen molar-refractivity contribution >= 4 is 15.9 Å². The standard InChI is InChI=1S/C11H18N2O5S/c1-11(2,3)13-19(16,17)9-5-4-8(18-9)10(15)12-6-7-14/h4-5,13-14H,6-7H2,1-3H3,(H,12,15). The minimum Gasteiger partial charge on any atom is -0.438 e. The maximum atomic E-state index is 11.9. The smallest absolute Gasteiger partial charge is 0.287 e. The predicted molar refractivity (Wildman–Crippen MR) is 68.2 cm³/mol. The summed E-state index contributed by atoms with van der Waals surface area (Å²) in [4.78, 5) is 11.5. The lowest BCUT2D eigenvalue weighted by Crippen LogP contribution is -2.40. The predicted octanol–water partition coefficient (Wildman–Crippen LogP) is 0.0785. The van der Waals surface area contributed by atoms with Gasteiger partial charge >= 0.3 is 0 Å². The topological polar surface area (TPSA) is 109 Å². The number of hydrogen-bond donors (Lipinski definition) is 3. The molecule has 19 heavy (non-hydrogen) atoms. The molecule has 0 aromatic carbocycles. The molecule has 8 heteroatoms. The minimum absolute atomic E-state index is 0.0713. The fourth-order valence-corrected chi connectivity index (χ4v) is 2.65. The van der Waals surface area contributed by atoms with Crippen LogP contribution in [0.4, 0.5) is 0 Å². The Morgan fingerprint density at radius 1 is 1.37 bits per heavy atom. The highest BCUT2D eigenvalue weighted by Crippen LogP contribution is 2.16. The van der Waals surface area contributed by atoms with Crippen LogP contribution in [0, 0.1) is 0 Å². The molecular weight excluding hydrogens is 272 g/mol. The van der Waals surface area contributed by atoms with Crippen molar-refractivity contribution in [2.24, 2.45) is 0 Å². The number of furan rings is 1. The number of amides is 1. The van der Waals surface area contributed by atoms with Gasteiger partial charge in [0.25, 0.3) is 15.9 Å². The van der Waals surface area contributed by atoms with E-state index in [0.717, 1.165) is 0 Å². The van der Waals surface area contributed by atoms with E-state index in [0.29, 0.717) is 0 Å². The van der Waals surface area contributed by atoms with E-state index in [4.69, 9.17) is 9.52 Å². The van der Waals surface area contributed by atoms with Gasteiger partial charge in [-0.3, -0.25) is 4.79 Å². The molecule has 108 valence electrons. The molecule has 0 saturated carbocycles. The highest BCUT2D eigenvalue weighted by molar-refractivity contribution is 7.89. The normalized spacial score (nSPS) is 12.4. The van der Waals surface area contributed by atoms with Crippen LogP contribution < -0.4 is 10.0 Å². The van der Waals surface area contributed by atoms with E-state index in [1.807, 2.05) is 0 Å². The van der Waals surface area contributed by atoms with E-state index in [-0.39, 0.29) is 24.0 Å². The Morgan fingerprint density at radius 2 is 2.00 bits per heavy atom. The van der Waals surface area contributed by atoms with Gasteiger partial charge in [-0.15, -0.1) is 0 Å². The highest BCUT2D eigenvalue weighted by atomic mass is 32.2. The Balaban J connectivity index is 2.88. The summed E-state index contributed by atoms with van der Waals surface area (Å²) in [6.07, 6.45) is 0. The SMILES string of the molecule is CC(C)(C)NS(=O)(=O)c1ccc(C(=O)NCCO)o1. The van der Waals surface area contributed by atoms with E-state index in [2.05, 4.69) is 10.0 Å². The third-order valence-corrected chi connectivity index (χ3v) is 3.54. The second kappa shape index (κ2) is 5.72. The number of aliphatic hydroxyl groups excluding tert-OH is 1. The van der Waals surface area contributed by atoms with Crippen LogP contribution in [-0.4, -0.2) is 38.1 Å². The molecule has 0 unspecified atom stereocenters. The van der Waals surface area contributed by atoms with Crippen LogP contribution in [0.15, 0.2) is 21.6 Å². The molecule has 0 aliphatic carbocycles. The number of aliphatic hydroxyl groups is 1. The minimum atomic E-state index is -3.80. The van der Waals surface area contributed by atoms with Gasteiger partial charge in [-0.25, -0.2) is 13.1 Å². The van der Waals surface area contributed by atoms with Gasteiger partial charge in [-0.1, -0.05) is 0 Å². The number of carbonyl (C=O) groups excluding carboxylic acids is 1. The molecule has 0 aliphatic rings. The number of nitrogens with one attached hydrogen (secondary N) is 2. The Morgan fingerprint density at radius 3 is 2.53 bits per heavy atom. The first-order valence-electron chi connectivity index (χ1n) is 5.68. The third-order valence-electron chi connectivity index (χ3n) is 1.91. The lowest BCUT2D eigenvalue weighted by atomic mass is 10.1. The van der Waals surface area contributed by atoms with E-state index in [1.165, 1.54) is 12.1 Å². The quantitative estimate of drug-likeness (QED) is 0.711. The van der Waals surface area contributed by atoms with Crippen molar-refractivity contribution in [2.45, 2.75) is 31.4 Å². The van der Waals surface area contributed by atoms with Crippen LogP contribution in [0.3, 0.4) is 0 Å². The largest absolute Gasteiger partial charge is 0.438 e. The van der Waals surface area contributed by atoms with Crippen LogP contribution in [0.2, 0.25) is 0 Å². The van der Waals surface area contributed by atoms with Crippen molar-refractivity contribution in [2.75, 3.05) is 13.2 Å². The molecule has 1 aromatic rings. The number of sulfonamides is 1. The van der Waals surface area contributed by atoms with Gasteiger partial charge in [-0.05, 0) is 32.9 Å². The Kier molecular flexibility index (Phi) is 4.72. The van der Waals surface area contributed by atoms with Crippen molar-refractivity contribution in [3.8, 4) is 0 Å². The molecule has 1 aromatic heterocycles. The van der Waals surface area contributed by atoms with Gasteiger partial charge < -0.3 is 14.8 Å². The van der Waals surface area contributed by atoms with Crippen LogP contribution >= 0.6 is 0 Å². The van der Waals surface area contributed by atoms with Crippen molar-refractivity contribution in [3.63, 3.8) is 0 Å².